The lowest BCUT2D eigenvalue weighted by molar-refractivity contribution is -0.172. The minimum absolute atomic E-state index is 0.134. The SMILES string of the molecule is COC(=O)[C@@H]1[C@H](C(=O)OC)[C@]2(C)C(=O)[C@H]3C[C@H](C)CC[C@]31C2(C)C. The molecule has 3 aliphatic carbocycles. The van der Waals surface area contributed by atoms with Gasteiger partial charge in [0.1, 0.15) is 5.78 Å². The van der Waals surface area contributed by atoms with Crippen LogP contribution in [0.5, 0.6) is 0 Å². The van der Waals surface area contributed by atoms with Crippen LogP contribution < -0.4 is 0 Å². The highest BCUT2D eigenvalue weighted by molar-refractivity contribution is 6.01. The summed E-state index contributed by atoms with van der Waals surface area (Å²) in [5, 5.41) is 0. The molecule has 0 heterocycles. The molecule has 24 heavy (non-hydrogen) atoms. The Morgan fingerprint density at radius 3 is 2.12 bits per heavy atom. The van der Waals surface area contributed by atoms with Crippen molar-refractivity contribution in [3.05, 3.63) is 0 Å². The standard InChI is InChI=1S/C19H28O5/c1-10-7-8-19-11(9-10)14(20)18(4,17(19,2)3)12(15(21)23-5)13(19)16(22)24-6/h10-13H,7-9H2,1-6H3/t10-,11-,12-,13+,18-,19+/m1/s1. The Morgan fingerprint density at radius 1 is 1.04 bits per heavy atom. The average Bonchev–Trinajstić information content (AvgIpc) is 2.78. The molecule has 0 amide bonds. The second-order valence-corrected chi connectivity index (χ2v) is 8.67. The van der Waals surface area contributed by atoms with Crippen molar-refractivity contribution in [1.29, 1.82) is 0 Å². The van der Waals surface area contributed by atoms with E-state index in [4.69, 9.17) is 9.47 Å². The lowest BCUT2D eigenvalue weighted by atomic mass is 9.53. The number of fused-ring (bicyclic) bond motifs is 1. The molecule has 134 valence electrons. The maximum atomic E-state index is 13.4. The molecule has 0 N–H and O–H groups in total. The van der Waals surface area contributed by atoms with Gasteiger partial charge in [-0.05, 0) is 24.2 Å². The minimum atomic E-state index is -0.895. The third-order valence-corrected chi connectivity index (χ3v) is 8.02. The molecule has 5 heteroatoms. The van der Waals surface area contributed by atoms with Gasteiger partial charge >= 0.3 is 11.9 Å². The van der Waals surface area contributed by atoms with Crippen molar-refractivity contribution in [1.82, 2.24) is 0 Å². The van der Waals surface area contributed by atoms with Gasteiger partial charge in [0.05, 0.1) is 26.1 Å². The van der Waals surface area contributed by atoms with Gasteiger partial charge in [0.15, 0.2) is 0 Å². The molecule has 5 nitrogen and oxygen atoms in total. The highest BCUT2D eigenvalue weighted by atomic mass is 16.5. The number of esters is 2. The summed E-state index contributed by atoms with van der Waals surface area (Å²) in [6.45, 7) is 8.14. The van der Waals surface area contributed by atoms with Crippen molar-refractivity contribution in [2.24, 2.45) is 39.9 Å². The Balaban J connectivity index is 2.27. The Labute approximate surface area is 143 Å². The van der Waals surface area contributed by atoms with Gasteiger partial charge in [0, 0.05) is 16.7 Å². The maximum Gasteiger partial charge on any atom is 0.310 e. The molecule has 0 aromatic carbocycles. The summed E-state index contributed by atoms with van der Waals surface area (Å²) in [4.78, 5) is 38.8. The predicted octanol–water partition coefficient (Wildman–Crippen LogP) is 2.62. The first-order valence-corrected chi connectivity index (χ1v) is 8.81. The van der Waals surface area contributed by atoms with Gasteiger partial charge in [-0.2, -0.15) is 0 Å². The molecule has 0 unspecified atom stereocenters. The second kappa shape index (κ2) is 5.06. The molecule has 3 aliphatic rings. The van der Waals surface area contributed by atoms with Crippen LogP contribution in [0.25, 0.3) is 0 Å². The van der Waals surface area contributed by atoms with Crippen LogP contribution in [0.2, 0.25) is 0 Å². The molecule has 3 saturated carbocycles. The Bertz CT molecular complexity index is 609. The molecule has 0 saturated heterocycles. The quantitative estimate of drug-likeness (QED) is 0.725. The fourth-order valence-corrected chi connectivity index (χ4v) is 6.54. The fourth-order valence-electron chi connectivity index (χ4n) is 6.54. The van der Waals surface area contributed by atoms with Crippen molar-refractivity contribution in [2.45, 2.75) is 47.0 Å². The van der Waals surface area contributed by atoms with Crippen LogP contribution in [0.1, 0.15) is 47.0 Å². The molecule has 0 radical (unpaired) electrons. The summed E-state index contributed by atoms with van der Waals surface area (Å²) in [5.74, 6) is -1.80. The molecule has 0 aromatic rings. The van der Waals surface area contributed by atoms with E-state index in [0.717, 1.165) is 19.3 Å². The first-order chi connectivity index (χ1) is 11.1. The number of hydrogen-bond acceptors (Lipinski definition) is 5. The van der Waals surface area contributed by atoms with Gasteiger partial charge in [0.2, 0.25) is 0 Å². The largest absolute Gasteiger partial charge is 0.469 e. The molecule has 3 fully saturated rings. The van der Waals surface area contributed by atoms with Crippen molar-refractivity contribution < 1.29 is 23.9 Å². The third-order valence-electron chi connectivity index (χ3n) is 8.02. The van der Waals surface area contributed by atoms with Gasteiger partial charge < -0.3 is 9.47 Å². The molecular weight excluding hydrogens is 308 g/mol. The molecule has 2 bridgehead atoms. The molecule has 0 aromatic heterocycles. The monoisotopic (exact) mass is 336 g/mol. The summed E-state index contributed by atoms with van der Waals surface area (Å²) < 4.78 is 10.1. The van der Waals surface area contributed by atoms with Gasteiger partial charge in [-0.1, -0.05) is 34.1 Å². The second-order valence-electron chi connectivity index (χ2n) is 8.67. The van der Waals surface area contributed by atoms with Crippen LogP contribution in [0.15, 0.2) is 0 Å². The molecule has 0 aliphatic heterocycles. The number of ketones is 1. The molecule has 1 spiro atoms. The minimum Gasteiger partial charge on any atom is -0.469 e. The highest BCUT2D eigenvalue weighted by Crippen LogP contribution is 2.80. The summed E-state index contributed by atoms with van der Waals surface area (Å²) >= 11 is 0. The van der Waals surface area contributed by atoms with E-state index in [-0.39, 0.29) is 17.7 Å². The lowest BCUT2D eigenvalue weighted by Crippen LogP contribution is -2.53. The zero-order valence-electron chi connectivity index (χ0n) is 15.5. The van der Waals surface area contributed by atoms with Gasteiger partial charge in [-0.3, -0.25) is 14.4 Å². The number of methoxy groups -OCH3 is 2. The Hall–Kier alpha value is -1.39. The van der Waals surface area contributed by atoms with E-state index in [1.807, 2.05) is 6.92 Å². The van der Waals surface area contributed by atoms with Crippen molar-refractivity contribution in [3.63, 3.8) is 0 Å². The molecule has 3 rings (SSSR count). The van der Waals surface area contributed by atoms with Gasteiger partial charge in [-0.15, -0.1) is 0 Å². The van der Waals surface area contributed by atoms with Gasteiger partial charge in [0.25, 0.3) is 0 Å². The number of carbonyl (C=O) groups is 3. The molecule has 6 atom stereocenters. The van der Waals surface area contributed by atoms with E-state index in [0.29, 0.717) is 5.92 Å². The van der Waals surface area contributed by atoms with Crippen LogP contribution >= 0.6 is 0 Å². The smallest absolute Gasteiger partial charge is 0.310 e. The Kier molecular flexibility index (Phi) is 3.67. The van der Waals surface area contributed by atoms with Crippen LogP contribution in [0, 0.1) is 39.9 Å². The zero-order chi connectivity index (χ0) is 18.1. The third kappa shape index (κ3) is 1.59. The van der Waals surface area contributed by atoms with E-state index in [1.165, 1.54) is 14.2 Å². The van der Waals surface area contributed by atoms with E-state index >= 15 is 0 Å². The molecular formula is C19H28O5. The normalized spacial score (nSPS) is 45.7. The van der Waals surface area contributed by atoms with Crippen LogP contribution in [-0.2, 0) is 23.9 Å². The van der Waals surface area contributed by atoms with Crippen LogP contribution in [0.3, 0.4) is 0 Å². The number of carbonyl (C=O) groups excluding carboxylic acids is 3. The van der Waals surface area contributed by atoms with Crippen molar-refractivity contribution >= 4 is 17.7 Å². The topological polar surface area (TPSA) is 69.7 Å². The highest BCUT2D eigenvalue weighted by Gasteiger charge is 2.84. The predicted molar refractivity (Wildman–Crippen MR) is 86.8 cm³/mol. The van der Waals surface area contributed by atoms with Crippen LogP contribution in [-0.4, -0.2) is 31.9 Å². The van der Waals surface area contributed by atoms with E-state index in [1.54, 1.807) is 0 Å². The fraction of sp³-hybridized carbons (Fsp3) is 0.842. The number of ether oxygens (including phenoxy) is 2. The number of rotatable bonds is 2. The van der Waals surface area contributed by atoms with Crippen molar-refractivity contribution in [2.75, 3.05) is 14.2 Å². The number of hydrogen-bond donors (Lipinski definition) is 0. The van der Waals surface area contributed by atoms with E-state index in [9.17, 15) is 14.4 Å². The van der Waals surface area contributed by atoms with E-state index < -0.39 is 34.1 Å². The average molecular weight is 336 g/mol. The summed E-state index contributed by atoms with van der Waals surface area (Å²) in [5.41, 5.74) is -1.87. The Morgan fingerprint density at radius 2 is 1.58 bits per heavy atom. The van der Waals surface area contributed by atoms with Crippen LogP contribution in [0.4, 0.5) is 0 Å². The van der Waals surface area contributed by atoms with Gasteiger partial charge in [-0.25, -0.2) is 0 Å². The summed E-state index contributed by atoms with van der Waals surface area (Å²) in [7, 11) is 2.68. The first-order valence-electron chi connectivity index (χ1n) is 8.81. The summed E-state index contributed by atoms with van der Waals surface area (Å²) in [6, 6.07) is 0. The van der Waals surface area contributed by atoms with E-state index in [2.05, 4.69) is 20.8 Å². The first kappa shape index (κ1) is 17.4. The summed E-state index contributed by atoms with van der Waals surface area (Å²) in [6.07, 6.45) is 2.53. The number of Topliss-reactive ketones (excluding diaryl/α,β-unsaturated/α-hetero) is 1. The van der Waals surface area contributed by atoms with Crippen molar-refractivity contribution in [3.8, 4) is 0 Å². The maximum absolute atomic E-state index is 13.4. The zero-order valence-corrected chi connectivity index (χ0v) is 15.5. The lowest BCUT2D eigenvalue weighted by Gasteiger charge is -2.49.